The van der Waals surface area contributed by atoms with Gasteiger partial charge in [0, 0.05) is 26.6 Å². The minimum absolute atomic E-state index is 0.147. The minimum Gasteiger partial charge on any atom is -0.497 e. The van der Waals surface area contributed by atoms with Crippen molar-refractivity contribution in [3.05, 3.63) is 108 Å². The fourth-order valence-corrected chi connectivity index (χ4v) is 7.35. The second-order valence-electron chi connectivity index (χ2n) is 8.47. The van der Waals surface area contributed by atoms with E-state index in [1.165, 1.54) is 15.3 Å². The molecular formula is C30H20N2O3S2. The predicted octanol–water partition coefficient (Wildman–Crippen LogP) is 7.31. The second kappa shape index (κ2) is 8.93. The summed E-state index contributed by atoms with van der Waals surface area (Å²) >= 11 is 1.41. The summed E-state index contributed by atoms with van der Waals surface area (Å²) < 4.78 is 36.2. The highest BCUT2D eigenvalue weighted by atomic mass is 32.2. The van der Waals surface area contributed by atoms with Crippen molar-refractivity contribution in [1.29, 1.82) is 5.26 Å². The minimum atomic E-state index is -4.03. The van der Waals surface area contributed by atoms with Crippen LogP contribution in [-0.4, -0.2) is 19.5 Å². The molecule has 6 rings (SSSR count). The lowest BCUT2D eigenvalue weighted by Crippen LogP contribution is -2.14. The number of methoxy groups -OCH3 is 1. The summed E-state index contributed by atoms with van der Waals surface area (Å²) in [6, 6.07) is 33.5. The van der Waals surface area contributed by atoms with Crippen LogP contribution >= 0.6 is 11.3 Å². The highest BCUT2D eigenvalue weighted by Crippen LogP contribution is 2.48. The molecule has 0 saturated carbocycles. The van der Waals surface area contributed by atoms with E-state index in [9.17, 15) is 13.7 Å². The molecule has 2 heterocycles. The Kier molecular flexibility index (Phi) is 5.56. The molecule has 6 aromatic rings. The van der Waals surface area contributed by atoms with E-state index < -0.39 is 10.0 Å². The molecule has 0 atom stereocenters. The van der Waals surface area contributed by atoms with Gasteiger partial charge in [-0.05, 0) is 42.0 Å². The van der Waals surface area contributed by atoms with Gasteiger partial charge in [-0.2, -0.15) is 5.26 Å². The van der Waals surface area contributed by atoms with Crippen LogP contribution in [0.5, 0.6) is 5.75 Å². The van der Waals surface area contributed by atoms with Gasteiger partial charge >= 0.3 is 0 Å². The highest BCUT2D eigenvalue weighted by molar-refractivity contribution is 7.90. The Balaban J connectivity index is 1.80. The van der Waals surface area contributed by atoms with Crippen LogP contribution in [0.15, 0.2) is 108 Å². The summed E-state index contributed by atoms with van der Waals surface area (Å²) in [5, 5.41) is 11.8. The first-order valence-electron chi connectivity index (χ1n) is 11.5. The molecule has 4 aromatic carbocycles. The van der Waals surface area contributed by atoms with Gasteiger partial charge in [0.1, 0.15) is 16.7 Å². The van der Waals surface area contributed by atoms with Crippen molar-refractivity contribution in [1.82, 2.24) is 3.97 Å². The van der Waals surface area contributed by atoms with Crippen molar-refractivity contribution in [3.63, 3.8) is 0 Å². The van der Waals surface area contributed by atoms with Gasteiger partial charge in [-0.1, -0.05) is 66.7 Å². The quantitative estimate of drug-likeness (QED) is 0.239. The lowest BCUT2D eigenvalue weighted by atomic mass is 9.96. The van der Waals surface area contributed by atoms with Gasteiger partial charge < -0.3 is 4.74 Å². The fourth-order valence-electron chi connectivity index (χ4n) is 4.80. The number of fused-ring (bicyclic) bond motifs is 2. The van der Waals surface area contributed by atoms with Gasteiger partial charge in [0.15, 0.2) is 0 Å². The van der Waals surface area contributed by atoms with Gasteiger partial charge in [0.25, 0.3) is 10.0 Å². The number of benzene rings is 4. The topological polar surface area (TPSA) is 72.1 Å². The van der Waals surface area contributed by atoms with E-state index in [2.05, 4.69) is 6.07 Å². The molecule has 0 spiro atoms. The zero-order valence-corrected chi connectivity index (χ0v) is 21.4. The monoisotopic (exact) mass is 520 g/mol. The Morgan fingerprint density at radius 1 is 0.784 bits per heavy atom. The van der Waals surface area contributed by atoms with Crippen LogP contribution in [0.4, 0.5) is 0 Å². The van der Waals surface area contributed by atoms with Crippen molar-refractivity contribution in [2.75, 3.05) is 7.11 Å². The molecular weight excluding hydrogens is 500 g/mol. The molecule has 0 amide bonds. The summed E-state index contributed by atoms with van der Waals surface area (Å²) in [6.45, 7) is 0. The molecule has 0 aliphatic rings. The summed E-state index contributed by atoms with van der Waals surface area (Å²) in [5.74, 6) is 0.573. The van der Waals surface area contributed by atoms with E-state index in [1.807, 2.05) is 78.9 Å². The van der Waals surface area contributed by atoms with E-state index in [4.69, 9.17) is 4.74 Å². The third kappa shape index (κ3) is 3.61. The van der Waals surface area contributed by atoms with E-state index >= 15 is 0 Å². The van der Waals surface area contributed by atoms with Gasteiger partial charge in [0.05, 0.1) is 23.2 Å². The second-order valence-corrected chi connectivity index (χ2v) is 11.3. The Labute approximate surface area is 218 Å². The maximum atomic E-state index is 14.3. The number of ether oxygens (including phenoxy) is 1. The molecule has 7 heteroatoms. The third-order valence-electron chi connectivity index (χ3n) is 6.42. The molecule has 180 valence electrons. The lowest BCUT2D eigenvalue weighted by Gasteiger charge is -2.14. The number of hydrogen-bond donors (Lipinski definition) is 0. The average molecular weight is 521 g/mol. The van der Waals surface area contributed by atoms with Crippen molar-refractivity contribution in [2.24, 2.45) is 0 Å². The lowest BCUT2D eigenvalue weighted by molar-refractivity contribution is 0.414. The molecule has 5 nitrogen and oxygen atoms in total. The van der Waals surface area contributed by atoms with Crippen molar-refractivity contribution < 1.29 is 13.2 Å². The van der Waals surface area contributed by atoms with Gasteiger partial charge in [0.2, 0.25) is 0 Å². The third-order valence-corrected chi connectivity index (χ3v) is 9.23. The highest BCUT2D eigenvalue weighted by Gasteiger charge is 2.30. The first kappa shape index (κ1) is 23.0. The molecule has 0 aliphatic carbocycles. The van der Waals surface area contributed by atoms with Crippen LogP contribution in [0.25, 0.3) is 43.4 Å². The molecule has 0 fully saturated rings. The first-order chi connectivity index (χ1) is 18.0. The Bertz CT molecular complexity index is 1930. The van der Waals surface area contributed by atoms with Crippen LogP contribution in [0.2, 0.25) is 0 Å². The number of nitriles is 1. The summed E-state index contributed by atoms with van der Waals surface area (Å²) in [4.78, 5) is 0.691. The van der Waals surface area contributed by atoms with Crippen molar-refractivity contribution >= 4 is 42.3 Å². The zero-order chi connectivity index (χ0) is 25.6. The van der Waals surface area contributed by atoms with Gasteiger partial charge in [-0.3, -0.25) is 0 Å². The molecule has 0 radical (unpaired) electrons. The average Bonchev–Trinajstić information content (AvgIpc) is 3.49. The van der Waals surface area contributed by atoms with Gasteiger partial charge in [-0.15, -0.1) is 11.3 Å². The summed E-state index contributed by atoms with van der Waals surface area (Å²) in [5.41, 5.74) is 3.30. The molecule has 0 aliphatic heterocycles. The maximum absolute atomic E-state index is 14.3. The van der Waals surface area contributed by atoms with E-state index in [1.54, 1.807) is 31.4 Å². The van der Waals surface area contributed by atoms with E-state index in [-0.39, 0.29) is 4.90 Å². The first-order valence-corrected chi connectivity index (χ1v) is 13.8. The van der Waals surface area contributed by atoms with E-state index in [0.29, 0.717) is 21.8 Å². The van der Waals surface area contributed by atoms with Crippen LogP contribution in [0.1, 0.15) is 4.88 Å². The number of aromatic nitrogens is 1. The number of hydrogen-bond acceptors (Lipinski definition) is 5. The molecule has 37 heavy (non-hydrogen) atoms. The largest absolute Gasteiger partial charge is 0.497 e. The molecule has 0 bridgehead atoms. The Morgan fingerprint density at radius 2 is 1.43 bits per heavy atom. The number of thiophene rings is 1. The SMILES string of the molecule is COc1ccc(S(=O)(=O)n2c(-c3ccccc3)c(-c3c(C#N)sc4ccccc34)c3ccccc32)cc1. The number of para-hydroxylation sites is 1. The number of nitrogens with zero attached hydrogens (tertiary/aromatic N) is 2. The summed E-state index contributed by atoms with van der Waals surface area (Å²) in [7, 11) is -2.49. The number of rotatable bonds is 5. The van der Waals surface area contributed by atoms with Gasteiger partial charge in [-0.25, -0.2) is 12.4 Å². The normalized spacial score (nSPS) is 11.6. The molecule has 2 aromatic heterocycles. The molecule has 0 unspecified atom stereocenters. The zero-order valence-electron chi connectivity index (χ0n) is 19.8. The van der Waals surface area contributed by atoms with Crippen molar-refractivity contribution in [3.8, 4) is 34.2 Å². The predicted molar refractivity (Wildman–Crippen MR) is 148 cm³/mol. The molecule has 0 N–H and O–H groups in total. The van der Waals surface area contributed by atoms with Crippen LogP contribution < -0.4 is 4.74 Å². The van der Waals surface area contributed by atoms with Crippen molar-refractivity contribution in [2.45, 2.75) is 4.90 Å². The smallest absolute Gasteiger partial charge is 0.268 e. The Morgan fingerprint density at radius 3 is 2.14 bits per heavy atom. The standard InChI is InChI=1S/C30H20N2O3S2/c1-35-21-15-17-22(18-16-21)37(33,34)32-25-13-7-5-11-23(25)29(30(32)20-9-3-2-4-10-20)28-24-12-6-8-14-26(24)36-27(28)19-31/h2-18H,1H3. The Hall–Kier alpha value is -4.38. The van der Waals surface area contributed by atoms with Crippen LogP contribution in [-0.2, 0) is 10.0 Å². The summed E-state index contributed by atoms with van der Waals surface area (Å²) in [6.07, 6.45) is 0. The molecule has 0 saturated heterocycles. The van der Waals surface area contributed by atoms with Crippen LogP contribution in [0, 0.1) is 11.3 Å². The fraction of sp³-hybridized carbons (Fsp3) is 0.0333. The van der Waals surface area contributed by atoms with Crippen LogP contribution in [0.3, 0.4) is 0 Å². The van der Waals surface area contributed by atoms with E-state index in [0.717, 1.165) is 32.2 Å². The maximum Gasteiger partial charge on any atom is 0.268 e.